The molecule has 0 aliphatic carbocycles. The molecule has 1 rings (SSSR count). The molecule has 66 valence electrons. The fourth-order valence-corrected chi connectivity index (χ4v) is 1.81. The maximum atomic E-state index is 6.01. The summed E-state index contributed by atoms with van der Waals surface area (Å²) in [4.78, 5) is 0. The molecule has 0 radical (unpaired) electrons. The molecule has 2 heteroatoms. The number of alkyl halides is 1. The molecular weight excluding hydrogens is 160 g/mol. The Kier molecular flexibility index (Phi) is 3.67. The molecule has 0 aromatic rings. The van der Waals surface area contributed by atoms with Gasteiger partial charge in [0, 0.05) is 12.0 Å². The third-order valence-corrected chi connectivity index (χ3v) is 2.43. The van der Waals surface area contributed by atoms with Gasteiger partial charge in [-0.2, -0.15) is 0 Å². The monoisotopic (exact) mass is 176 g/mol. The van der Waals surface area contributed by atoms with E-state index in [1.807, 2.05) is 0 Å². The van der Waals surface area contributed by atoms with Gasteiger partial charge in [-0.05, 0) is 25.2 Å². The molecule has 0 aromatic carbocycles. The zero-order valence-corrected chi connectivity index (χ0v) is 8.10. The van der Waals surface area contributed by atoms with Crippen LogP contribution in [0, 0.1) is 5.92 Å². The Labute approximate surface area is 74.1 Å². The van der Waals surface area contributed by atoms with Crippen molar-refractivity contribution in [1.82, 2.24) is 0 Å². The molecule has 2 atom stereocenters. The minimum absolute atomic E-state index is 0.354. The van der Waals surface area contributed by atoms with E-state index >= 15 is 0 Å². The molecule has 1 nitrogen and oxygen atoms in total. The van der Waals surface area contributed by atoms with E-state index in [1.165, 1.54) is 0 Å². The fraction of sp³-hybridized carbons (Fsp3) is 1.00. The Balaban J connectivity index is 2.23. The first-order valence-corrected chi connectivity index (χ1v) is 4.87. The van der Waals surface area contributed by atoms with Gasteiger partial charge >= 0.3 is 0 Å². The molecule has 0 spiro atoms. The van der Waals surface area contributed by atoms with Crippen LogP contribution in [0.2, 0.25) is 0 Å². The molecule has 1 aliphatic heterocycles. The topological polar surface area (TPSA) is 9.23 Å². The van der Waals surface area contributed by atoms with Crippen LogP contribution in [0.25, 0.3) is 0 Å². The van der Waals surface area contributed by atoms with Gasteiger partial charge in [-0.3, -0.25) is 0 Å². The van der Waals surface area contributed by atoms with Crippen molar-refractivity contribution in [3.05, 3.63) is 0 Å². The quantitative estimate of drug-likeness (QED) is 0.588. The van der Waals surface area contributed by atoms with Gasteiger partial charge in [-0.25, -0.2) is 0 Å². The number of hydrogen-bond acceptors (Lipinski definition) is 1. The number of hydrogen-bond donors (Lipinski definition) is 0. The highest BCUT2D eigenvalue weighted by Gasteiger charge is 2.21. The van der Waals surface area contributed by atoms with Gasteiger partial charge in [0.05, 0.1) is 6.10 Å². The van der Waals surface area contributed by atoms with E-state index in [4.69, 9.17) is 16.3 Å². The fourth-order valence-electron chi connectivity index (χ4n) is 1.52. The first-order chi connectivity index (χ1) is 5.18. The first kappa shape index (κ1) is 9.34. The van der Waals surface area contributed by atoms with Crippen LogP contribution in [0.1, 0.15) is 33.1 Å². The van der Waals surface area contributed by atoms with Crippen LogP contribution in [0.3, 0.4) is 0 Å². The van der Waals surface area contributed by atoms with Crippen LogP contribution in [-0.4, -0.2) is 18.1 Å². The van der Waals surface area contributed by atoms with Gasteiger partial charge < -0.3 is 4.74 Å². The van der Waals surface area contributed by atoms with E-state index in [1.54, 1.807) is 0 Å². The summed E-state index contributed by atoms with van der Waals surface area (Å²) in [6.07, 6.45) is 3.64. The molecular formula is C9H17ClO. The molecule has 0 aromatic heterocycles. The van der Waals surface area contributed by atoms with Crippen molar-refractivity contribution in [2.75, 3.05) is 6.61 Å². The summed E-state index contributed by atoms with van der Waals surface area (Å²) in [6.45, 7) is 5.30. The standard InChI is InChI=1S/C9H17ClO/c1-7(2)5-9-6-8(10)3-4-11-9/h7-9H,3-6H2,1-2H3/t8-,9-/m0/s1. The van der Waals surface area contributed by atoms with Crippen molar-refractivity contribution >= 4 is 11.6 Å². The normalized spacial score (nSPS) is 32.7. The lowest BCUT2D eigenvalue weighted by Crippen LogP contribution is -2.27. The Morgan fingerprint density at radius 2 is 2.27 bits per heavy atom. The third-order valence-electron chi connectivity index (χ3n) is 2.04. The Morgan fingerprint density at radius 3 is 2.82 bits per heavy atom. The van der Waals surface area contributed by atoms with Crippen molar-refractivity contribution in [2.45, 2.75) is 44.6 Å². The van der Waals surface area contributed by atoms with Gasteiger partial charge in [0.15, 0.2) is 0 Å². The molecule has 11 heavy (non-hydrogen) atoms. The summed E-state index contributed by atoms with van der Waals surface area (Å²) < 4.78 is 5.57. The van der Waals surface area contributed by atoms with Crippen LogP contribution in [0.5, 0.6) is 0 Å². The minimum Gasteiger partial charge on any atom is -0.378 e. The van der Waals surface area contributed by atoms with Crippen LogP contribution < -0.4 is 0 Å². The summed E-state index contributed by atoms with van der Waals surface area (Å²) in [7, 11) is 0. The SMILES string of the molecule is CC(C)C[C@H]1C[C@@H](Cl)CCO1. The summed E-state index contributed by atoms with van der Waals surface area (Å²) in [5, 5.41) is 0.354. The highest BCUT2D eigenvalue weighted by molar-refractivity contribution is 6.20. The maximum absolute atomic E-state index is 6.01. The van der Waals surface area contributed by atoms with E-state index in [0.29, 0.717) is 11.5 Å². The second-order valence-corrected chi connectivity index (χ2v) is 4.36. The average Bonchev–Trinajstić information content (AvgIpc) is 1.85. The average molecular weight is 177 g/mol. The van der Waals surface area contributed by atoms with Crippen molar-refractivity contribution in [3.8, 4) is 0 Å². The molecule has 1 aliphatic rings. The molecule has 1 saturated heterocycles. The lowest BCUT2D eigenvalue weighted by molar-refractivity contribution is 0.00600. The molecule has 1 heterocycles. The summed E-state index contributed by atoms with van der Waals surface area (Å²) in [6, 6.07) is 0. The highest BCUT2D eigenvalue weighted by atomic mass is 35.5. The minimum atomic E-state index is 0.354. The van der Waals surface area contributed by atoms with E-state index in [-0.39, 0.29) is 0 Å². The van der Waals surface area contributed by atoms with Gasteiger partial charge in [0.1, 0.15) is 0 Å². The number of halogens is 1. The summed E-state index contributed by atoms with van der Waals surface area (Å²) >= 11 is 6.01. The number of ether oxygens (including phenoxy) is 1. The van der Waals surface area contributed by atoms with Crippen molar-refractivity contribution < 1.29 is 4.74 Å². The molecule has 1 fully saturated rings. The third kappa shape index (κ3) is 3.44. The largest absolute Gasteiger partial charge is 0.378 e. The lowest BCUT2D eigenvalue weighted by atomic mass is 9.99. The van der Waals surface area contributed by atoms with Gasteiger partial charge in [-0.1, -0.05) is 13.8 Å². The molecule has 0 unspecified atom stereocenters. The van der Waals surface area contributed by atoms with Crippen LogP contribution >= 0.6 is 11.6 Å². The number of rotatable bonds is 2. The smallest absolute Gasteiger partial charge is 0.0591 e. The first-order valence-electron chi connectivity index (χ1n) is 4.44. The van der Waals surface area contributed by atoms with Crippen LogP contribution in [0.4, 0.5) is 0 Å². The second-order valence-electron chi connectivity index (χ2n) is 3.74. The van der Waals surface area contributed by atoms with Crippen LogP contribution in [0.15, 0.2) is 0 Å². The molecule has 0 saturated carbocycles. The summed E-state index contributed by atoms with van der Waals surface area (Å²) in [5.74, 6) is 0.724. The lowest BCUT2D eigenvalue weighted by Gasteiger charge is -2.27. The second kappa shape index (κ2) is 4.32. The van der Waals surface area contributed by atoms with Gasteiger partial charge in [0.2, 0.25) is 0 Å². The van der Waals surface area contributed by atoms with E-state index in [0.717, 1.165) is 31.8 Å². The van der Waals surface area contributed by atoms with E-state index < -0.39 is 0 Å². The Bertz CT molecular complexity index is 112. The molecule has 0 N–H and O–H groups in total. The molecule has 0 bridgehead atoms. The van der Waals surface area contributed by atoms with Crippen molar-refractivity contribution in [1.29, 1.82) is 0 Å². The molecule has 0 amide bonds. The van der Waals surface area contributed by atoms with Gasteiger partial charge in [-0.15, -0.1) is 11.6 Å². The Hall–Kier alpha value is 0.250. The van der Waals surface area contributed by atoms with Crippen molar-refractivity contribution in [3.63, 3.8) is 0 Å². The maximum Gasteiger partial charge on any atom is 0.0591 e. The zero-order valence-electron chi connectivity index (χ0n) is 7.35. The van der Waals surface area contributed by atoms with E-state index in [2.05, 4.69) is 13.8 Å². The van der Waals surface area contributed by atoms with Gasteiger partial charge in [0.25, 0.3) is 0 Å². The predicted octanol–water partition coefficient (Wildman–Crippen LogP) is 2.82. The Morgan fingerprint density at radius 1 is 1.55 bits per heavy atom. The zero-order chi connectivity index (χ0) is 8.27. The predicted molar refractivity (Wildman–Crippen MR) is 48.1 cm³/mol. The highest BCUT2D eigenvalue weighted by Crippen LogP contribution is 2.23. The van der Waals surface area contributed by atoms with Crippen LogP contribution in [-0.2, 0) is 4.74 Å². The van der Waals surface area contributed by atoms with E-state index in [9.17, 15) is 0 Å². The van der Waals surface area contributed by atoms with Crippen molar-refractivity contribution in [2.24, 2.45) is 5.92 Å². The summed E-state index contributed by atoms with van der Waals surface area (Å²) in [5.41, 5.74) is 0.